The van der Waals surface area contributed by atoms with Gasteiger partial charge >= 0.3 is 0 Å². The molecule has 98 valence electrons. The summed E-state index contributed by atoms with van der Waals surface area (Å²) >= 11 is 10.2. The van der Waals surface area contributed by atoms with Crippen molar-refractivity contribution in [3.63, 3.8) is 0 Å². The van der Waals surface area contributed by atoms with Crippen molar-refractivity contribution in [2.75, 3.05) is 17.7 Å². The van der Waals surface area contributed by atoms with Gasteiger partial charge in [0, 0.05) is 0 Å². The van der Waals surface area contributed by atoms with Crippen LogP contribution in [0.3, 0.4) is 0 Å². The lowest BCUT2D eigenvalue weighted by atomic mass is 10.4. The molecule has 0 nitrogen and oxygen atoms in total. The highest BCUT2D eigenvalue weighted by molar-refractivity contribution is 9.00. The van der Waals surface area contributed by atoms with Gasteiger partial charge in [0.25, 0.3) is 0 Å². The van der Waals surface area contributed by atoms with E-state index in [-0.39, 0.29) is 0 Å². The largest absolute Gasteiger partial charge is 0.114 e. The lowest BCUT2D eigenvalue weighted by Gasteiger charge is -2.20. The first-order valence-corrected chi connectivity index (χ1v) is 12.7. The van der Waals surface area contributed by atoms with Gasteiger partial charge in [0.05, 0.1) is 4.44 Å². The topological polar surface area (TPSA) is 0 Å². The summed E-state index contributed by atoms with van der Waals surface area (Å²) in [5.74, 6) is 2.58. The molecule has 0 saturated heterocycles. The Morgan fingerprint density at radius 1 is 0.812 bits per heavy atom. The van der Waals surface area contributed by atoms with Crippen LogP contribution in [0.5, 0.6) is 0 Å². The number of hydrogen-bond donors (Lipinski definition) is 0. The van der Waals surface area contributed by atoms with E-state index in [1.165, 1.54) is 56.2 Å². The van der Waals surface area contributed by atoms with E-state index in [1.807, 2.05) is 0 Å². The summed E-state index contributed by atoms with van der Waals surface area (Å²) in [5, 5.41) is 0. The molecule has 0 fully saturated rings. The van der Waals surface area contributed by atoms with Gasteiger partial charge in [-0.05, 0) is 36.9 Å². The molecule has 0 aliphatic carbocycles. The Morgan fingerprint density at radius 2 is 1.25 bits per heavy atom. The molecule has 0 spiro atoms. The molecule has 4 heteroatoms. The van der Waals surface area contributed by atoms with E-state index in [4.69, 9.17) is 11.8 Å². The van der Waals surface area contributed by atoms with Crippen molar-refractivity contribution in [3.05, 3.63) is 0 Å². The van der Waals surface area contributed by atoms with Crippen LogP contribution in [0.2, 0.25) is 0 Å². The molecule has 0 rings (SSSR count). The minimum atomic E-state index is -1.13. The predicted octanol–water partition coefficient (Wildman–Crippen LogP) is 6.16. The molecule has 0 amide bonds. The van der Waals surface area contributed by atoms with E-state index in [0.717, 1.165) is 0 Å². The van der Waals surface area contributed by atoms with Crippen LogP contribution in [0.4, 0.5) is 0 Å². The van der Waals surface area contributed by atoms with Crippen molar-refractivity contribution in [1.29, 1.82) is 0 Å². The maximum atomic E-state index is 5.93. The minimum absolute atomic E-state index is 1.13. The molecule has 0 saturated carbocycles. The van der Waals surface area contributed by atoms with Crippen LogP contribution < -0.4 is 0 Å². The van der Waals surface area contributed by atoms with E-state index in [9.17, 15) is 0 Å². The van der Waals surface area contributed by atoms with E-state index in [0.29, 0.717) is 0 Å². The second kappa shape index (κ2) is 11.4. The van der Waals surface area contributed by atoms with Crippen molar-refractivity contribution >= 4 is 39.0 Å². The Hall–Kier alpha value is 1.35. The second-order valence-corrected chi connectivity index (χ2v) is 16.3. The molecule has 0 radical (unpaired) electrons. The summed E-state index contributed by atoms with van der Waals surface area (Å²) in [4.78, 5) is 0. The summed E-state index contributed by atoms with van der Waals surface area (Å²) in [6.45, 7) is 6.80. The van der Waals surface area contributed by atoms with Crippen LogP contribution in [0.25, 0.3) is 0 Å². The van der Waals surface area contributed by atoms with E-state index in [1.54, 1.807) is 0 Å². The summed E-state index contributed by atoms with van der Waals surface area (Å²) in [6.07, 6.45) is 9.21. The molecule has 0 atom stereocenters. The van der Waals surface area contributed by atoms with Gasteiger partial charge in [-0.3, -0.25) is 0 Å². The van der Waals surface area contributed by atoms with E-state index in [2.05, 4.69) is 43.5 Å². The normalized spacial score (nSPS) is 11.9. The third kappa shape index (κ3) is 9.39. The van der Waals surface area contributed by atoms with Crippen LogP contribution in [0, 0.1) is 0 Å². The summed E-state index contributed by atoms with van der Waals surface area (Å²) in [5.41, 5.74) is 0. The Morgan fingerprint density at radius 3 is 1.62 bits per heavy atom. The average Bonchev–Trinajstić information content (AvgIpc) is 2.27. The van der Waals surface area contributed by atoms with Gasteiger partial charge < -0.3 is 0 Å². The van der Waals surface area contributed by atoms with E-state index < -0.39 is 4.44 Å². The number of hydrogen-bond acceptors (Lipinski definition) is 3. The van der Waals surface area contributed by atoms with Crippen LogP contribution in [-0.2, 0) is 11.8 Å². The first-order valence-electron chi connectivity index (χ1n) is 6.56. The van der Waals surface area contributed by atoms with Crippen molar-refractivity contribution in [2.24, 2.45) is 0 Å². The van der Waals surface area contributed by atoms with Gasteiger partial charge in [-0.2, -0.15) is 0 Å². The fourth-order valence-electron chi connectivity index (χ4n) is 1.21. The number of unbranched alkanes of at least 4 members (excludes halogenated alkanes) is 3. The summed E-state index contributed by atoms with van der Waals surface area (Å²) in [7, 11) is 0. The SMILES string of the molecule is CCCCSP(=S)(CCCC)SCCCC. The molecular formula is C12H27PS3. The average molecular weight is 299 g/mol. The van der Waals surface area contributed by atoms with Crippen molar-refractivity contribution in [3.8, 4) is 0 Å². The second-order valence-electron chi connectivity index (χ2n) is 4.06. The molecule has 0 heterocycles. The lowest BCUT2D eigenvalue weighted by molar-refractivity contribution is 0.892. The highest BCUT2D eigenvalue weighted by atomic mass is 33.2. The highest BCUT2D eigenvalue weighted by Gasteiger charge is 2.16. The molecular weight excluding hydrogens is 271 g/mol. The monoisotopic (exact) mass is 298 g/mol. The molecule has 0 N–H and O–H groups in total. The minimum Gasteiger partial charge on any atom is -0.114 e. The molecule has 0 aromatic carbocycles. The first-order chi connectivity index (χ1) is 7.68. The maximum absolute atomic E-state index is 5.93. The molecule has 0 aromatic heterocycles. The van der Waals surface area contributed by atoms with Crippen LogP contribution in [0.15, 0.2) is 0 Å². The van der Waals surface area contributed by atoms with Crippen LogP contribution >= 0.6 is 27.2 Å². The predicted molar refractivity (Wildman–Crippen MR) is 88.8 cm³/mol. The smallest absolute Gasteiger partial charge is 0.0572 e. The van der Waals surface area contributed by atoms with E-state index >= 15 is 0 Å². The van der Waals surface area contributed by atoms with Gasteiger partial charge in [-0.1, -0.05) is 51.8 Å². The van der Waals surface area contributed by atoms with Gasteiger partial charge in [-0.15, -0.1) is 22.8 Å². The van der Waals surface area contributed by atoms with Crippen molar-refractivity contribution in [2.45, 2.75) is 59.3 Å². The molecule has 0 unspecified atom stereocenters. The van der Waals surface area contributed by atoms with Gasteiger partial charge in [0.15, 0.2) is 0 Å². The highest BCUT2D eigenvalue weighted by Crippen LogP contribution is 2.69. The summed E-state index contributed by atoms with van der Waals surface area (Å²) < 4.78 is -1.13. The zero-order valence-corrected chi connectivity index (χ0v) is 14.4. The Bertz CT molecular complexity index is 181. The zero-order valence-electron chi connectivity index (χ0n) is 11.0. The Labute approximate surface area is 116 Å². The molecule has 0 bridgehead atoms. The van der Waals surface area contributed by atoms with Crippen LogP contribution in [-0.4, -0.2) is 17.7 Å². The molecule has 0 aliphatic heterocycles. The van der Waals surface area contributed by atoms with Crippen molar-refractivity contribution in [1.82, 2.24) is 0 Å². The number of rotatable bonds is 11. The molecule has 16 heavy (non-hydrogen) atoms. The zero-order chi connectivity index (χ0) is 12.3. The van der Waals surface area contributed by atoms with Gasteiger partial charge in [0.2, 0.25) is 0 Å². The third-order valence-corrected chi connectivity index (χ3v) is 13.8. The maximum Gasteiger partial charge on any atom is 0.0572 e. The van der Waals surface area contributed by atoms with Crippen LogP contribution in [0.1, 0.15) is 59.3 Å². The molecule has 0 aromatic rings. The summed E-state index contributed by atoms with van der Waals surface area (Å²) in [6, 6.07) is 0. The fourth-order valence-corrected chi connectivity index (χ4v) is 11.6. The van der Waals surface area contributed by atoms with Gasteiger partial charge in [-0.25, -0.2) is 0 Å². The Balaban J connectivity index is 3.97. The Kier molecular flexibility index (Phi) is 12.4. The third-order valence-electron chi connectivity index (χ3n) is 2.36. The quantitative estimate of drug-likeness (QED) is 0.331. The fraction of sp³-hybridized carbons (Fsp3) is 1.00. The first kappa shape index (κ1) is 17.4. The van der Waals surface area contributed by atoms with Gasteiger partial charge in [0.1, 0.15) is 0 Å². The van der Waals surface area contributed by atoms with Crippen molar-refractivity contribution < 1.29 is 0 Å². The molecule has 0 aliphatic rings. The lowest BCUT2D eigenvalue weighted by Crippen LogP contribution is -1.87. The standard InChI is InChI=1S/C12H27PS3/c1-4-7-10-13(14,15-11-8-5-2)16-12-9-6-3/h4-12H2,1-3H3.